The van der Waals surface area contributed by atoms with Gasteiger partial charge in [-0.25, -0.2) is 0 Å². The number of likely N-dealkylation sites (N-methyl/N-ethyl adjacent to an activating group) is 1. The fourth-order valence-corrected chi connectivity index (χ4v) is 2.57. The van der Waals surface area contributed by atoms with Gasteiger partial charge in [-0.05, 0) is 17.2 Å². The Morgan fingerprint density at radius 1 is 1.16 bits per heavy atom. The molecule has 3 nitrogen and oxygen atoms in total. The van der Waals surface area contributed by atoms with Crippen molar-refractivity contribution in [2.45, 2.75) is 0 Å². The molecule has 0 amide bonds. The zero-order valence-corrected chi connectivity index (χ0v) is 11.3. The summed E-state index contributed by atoms with van der Waals surface area (Å²) in [5.74, 6) is 0.873. The summed E-state index contributed by atoms with van der Waals surface area (Å²) in [5.41, 5.74) is 4.20. The van der Waals surface area contributed by atoms with E-state index in [1.165, 1.54) is 5.54 Å². The van der Waals surface area contributed by atoms with Crippen molar-refractivity contribution >= 4 is 23.1 Å². The Balaban J connectivity index is 2.22. The first-order valence-corrected chi connectivity index (χ1v) is 6.47. The lowest BCUT2D eigenvalue weighted by Gasteiger charge is -2.12. The van der Waals surface area contributed by atoms with Crippen LogP contribution in [0.5, 0.6) is 0 Å². The van der Waals surface area contributed by atoms with Crippen LogP contribution in [0, 0.1) is 0 Å². The van der Waals surface area contributed by atoms with Crippen LogP contribution in [0.25, 0.3) is 16.8 Å². The van der Waals surface area contributed by atoms with E-state index in [9.17, 15) is 4.79 Å². The Morgan fingerprint density at radius 3 is 2.58 bits per heavy atom. The Kier molecular flexibility index (Phi) is 2.91. The lowest BCUT2D eigenvalue weighted by Crippen LogP contribution is -2.17. The van der Waals surface area contributed by atoms with Crippen molar-refractivity contribution in [3.05, 3.63) is 58.4 Å². The second kappa shape index (κ2) is 4.59. The van der Waals surface area contributed by atoms with Crippen LogP contribution in [0.4, 0.5) is 5.82 Å². The highest BCUT2D eigenvalue weighted by Crippen LogP contribution is 2.29. The molecule has 0 bridgehead atoms. The van der Waals surface area contributed by atoms with Gasteiger partial charge in [-0.2, -0.15) is 0 Å². The third-order valence-electron chi connectivity index (χ3n) is 3.32. The summed E-state index contributed by atoms with van der Waals surface area (Å²) in [4.78, 5) is 14.3. The van der Waals surface area contributed by atoms with E-state index in [0.717, 1.165) is 22.6 Å². The van der Waals surface area contributed by atoms with Crippen molar-refractivity contribution in [2.24, 2.45) is 0 Å². The van der Waals surface area contributed by atoms with E-state index in [1.807, 2.05) is 48.3 Å². The molecule has 19 heavy (non-hydrogen) atoms. The van der Waals surface area contributed by atoms with Gasteiger partial charge >= 0.3 is 0 Å². The van der Waals surface area contributed by atoms with Gasteiger partial charge in [0.1, 0.15) is 5.82 Å². The van der Waals surface area contributed by atoms with Gasteiger partial charge in [-0.3, -0.25) is 9.36 Å². The fourth-order valence-electron chi connectivity index (χ4n) is 2.40. The van der Waals surface area contributed by atoms with Crippen molar-refractivity contribution < 1.29 is 0 Å². The Morgan fingerprint density at radius 2 is 1.89 bits per heavy atom. The van der Waals surface area contributed by atoms with Gasteiger partial charge in [0.15, 0.2) is 0 Å². The molecule has 0 atom stereocenters. The smallest absolute Gasteiger partial charge is 0.257 e. The van der Waals surface area contributed by atoms with Crippen molar-refractivity contribution in [2.75, 3.05) is 18.5 Å². The summed E-state index contributed by atoms with van der Waals surface area (Å²) in [5, 5.41) is 0. The minimum absolute atomic E-state index is 0.0485. The van der Waals surface area contributed by atoms with Gasteiger partial charge in [0.05, 0.1) is 12.2 Å². The highest BCUT2D eigenvalue weighted by atomic mass is 35.5. The molecule has 4 heteroatoms. The van der Waals surface area contributed by atoms with Crippen molar-refractivity contribution in [3.63, 3.8) is 0 Å². The Labute approximate surface area is 116 Å². The number of hydrogen-bond acceptors (Lipinski definition) is 2. The lowest BCUT2D eigenvalue weighted by molar-refractivity contribution is 1.04. The molecule has 1 aliphatic heterocycles. The largest absolute Gasteiger partial charge is 0.355 e. The van der Waals surface area contributed by atoms with Crippen LogP contribution in [-0.4, -0.2) is 18.2 Å². The number of fused-ring (bicyclic) bond motifs is 1. The van der Waals surface area contributed by atoms with Crippen molar-refractivity contribution in [1.29, 1.82) is 0 Å². The normalized spacial score (nSPS) is 15.9. The minimum atomic E-state index is -0.0485. The van der Waals surface area contributed by atoms with Crippen LogP contribution in [0.15, 0.2) is 52.8 Å². The first-order valence-electron chi connectivity index (χ1n) is 6.04. The topological polar surface area (TPSA) is 25.2 Å². The summed E-state index contributed by atoms with van der Waals surface area (Å²) in [7, 11) is 1.95. The number of hydrogen-bond donors (Lipinski definition) is 0. The predicted molar refractivity (Wildman–Crippen MR) is 79.5 cm³/mol. The zero-order chi connectivity index (χ0) is 13.4. The molecule has 96 valence electrons. The highest BCUT2D eigenvalue weighted by Gasteiger charge is 2.22. The molecule has 0 unspecified atom stereocenters. The molecular weight excluding hydrogens is 260 g/mol. The predicted octanol–water partition coefficient (Wildman–Crippen LogP) is 3.00. The Bertz CT molecular complexity index is 704. The van der Waals surface area contributed by atoms with Crippen LogP contribution < -0.4 is 10.5 Å². The van der Waals surface area contributed by atoms with E-state index in [1.54, 1.807) is 10.6 Å². The van der Waals surface area contributed by atoms with Gasteiger partial charge in [-0.1, -0.05) is 41.9 Å². The number of nitrogens with zero attached hydrogens (tertiary/aromatic N) is 2. The van der Waals surface area contributed by atoms with Gasteiger partial charge in [0.2, 0.25) is 0 Å². The van der Waals surface area contributed by atoms with E-state index in [2.05, 4.69) is 0 Å². The molecule has 2 aromatic rings. The van der Waals surface area contributed by atoms with Crippen LogP contribution in [0.2, 0.25) is 0 Å². The molecule has 1 aromatic heterocycles. The van der Waals surface area contributed by atoms with Gasteiger partial charge in [0.25, 0.3) is 5.56 Å². The van der Waals surface area contributed by atoms with E-state index >= 15 is 0 Å². The fraction of sp³-hybridized carbons (Fsp3) is 0.133. The van der Waals surface area contributed by atoms with E-state index in [0.29, 0.717) is 6.54 Å². The average molecular weight is 273 g/mol. The summed E-state index contributed by atoms with van der Waals surface area (Å²) >= 11 is 5.78. The molecule has 3 rings (SSSR count). The molecule has 0 N–H and O–H groups in total. The number of aromatic nitrogens is 1. The maximum atomic E-state index is 12.3. The molecule has 0 fully saturated rings. The maximum Gasteiger partial charge on any atom is 0.257 e. The van der Waals surface area contributed by atoms with Gasteiger partial charge < -0.3 is 4.90 Å². The summed E-state index contributed by atoms with van der Waals surface area (Å²) in [6.45, 7) is 0.650. The van der Waals surface area contributed by atoms with Gasteiger partial charge in [-0.15, -0.1) is 0 Å². The minimum Gasteiger partial charge on any atom is -0.355 e. The van der Waals surface area contributed by atoms with Crippen LogP contribution in [0.3, 0.4) is 0 Å². The average Bonchev–Trinajstić information content (AvgIpc) is 2.77. The first-order chi connectivity index (χ1) is 9.20. The van der Waals surface area contributed by atoms with Crippen molar-refractivity contribution in [3.8, 4) is 11.1 Å². The number of anilines is 1. The van der Waals surface area contributed by atoms with Crippen LogP contribution >= 0.6 is 11.6 Å². The number of halogens is 1. The monoisotopic (exact) mass is 272 g/mol. The molecule has 1 aliphatic rings. The molecule has 2 heterocycles. The first kappa shape index (κ1) is 12.1. The Hall–Kier alpha value is -2.00. The molecular formula is C15H13ClN2O. The number of pyridine rings is 1. The van der Waals surface area contributed by atoms with E-state index in [4.69, 9.17) is 11.6 Å². The third-order valence-corrected chi connectivity index (χ3v) is 3.58. The molecule has 1 aromatic carbocycles. The SMILES string of the molecule is CN1C/C(=C\Cl)n2c1cc(-c1ccccc1)cc2=O. The van der Waals surface area contributed by atoms with Crippen molar-refractivity contribution in [1.82, 2.24) is 4.57 Å². The molecule has 0 aliphatic carbocycles. The lowest BCUT2D eigenvalue weighted by atomic mass is 10.1. The summed E-state index contributed by atoms with van der Waals surface area (Å²) < 4.78 is 1.65. The standard InChI is InChI=1S/C15H13ClN2O/c1-17-10-13(9-16)18-14(17)7-12(8-15(18)19)11-5-3-2-4-6-11/h2-9H,10H2,1H3/b13-9+. The summed E-state index contributed by atoms with van der Waals surface area (Å²) in [6, 6.07) is 13.6. The second-order valence-electron chi connectivity index (χ2n) is 4.60. The zero-order valence-electron chi connectivity index (χ0n) is 10.5. The van der Waals surface area contributed by atoms with E-state index in [-0.39, 0.29) is 5.56 Å². The van der Waals surface area contributed by atoms with E-state index < -0.39 is 0 Å². The number of rotatable bonds is 1. The molecule has 0 radical (unpaired) electrons. The highest BCUT2D eigenvalue weighted by molar-refractivity contribution is 6.27. The quantitative estimate of drug-likeness (QED) is 0.797. The van der Waals surface area contributed by atoms with Crippen LogP contribution in [0.1, 0.15) is 0 Å². The molecule has 0 saturated heterocycles. The molecule has 0 spiro atoms. The summed E-state index contributed by atoms with van der Waals surface area (Å²) in [6.07, 6.45) is 0. The third kappa shape index (κ3) is 1.96. The second-order valence-corrected chi connectivity index (χ2v) is 4.82. The number of benzene rings is 1. The van der Waals surface area contributed by atoms with Crippen LogP contribution in [-0.2, 0) is 0 Å². The van der Waals surface area contributed by atoms with Gasteiger partial charge in [0, 0.05) is 18.6 Å². The molecule has 0 saturated carbocycles. The maximum absolute atomic E-state index is 12.3.